The van der Waals surface area contributed by atoms with Crippen LogP contribution < -0.4 is 5.32 Å². The van der Waals surface area contributed by atoms with Gasteiger partial charge in [-0.1, -0.05) is 24.6 Å². The van der Waals surface area contributed by atoms with Crippen molar-refractivity contribution in [3.8, 4) is 5.75 Å². The average Bonchev–Trinajstić information content (AvgIpc) is 2.55. The second-order valence-corrected chi connectivity index (χ2v) is 7.77. The minimum Gasteiger partial charge on any atom is -0.507 e. The lowest BCUT2D eigenvalue weighted by molar-refractivity contribution is -0.115. The van der Waals surface area contributed by atoms with E-state index in [0.29, 0.717) is 6.29 Å². The number of phenols is 1. The minimum atomic E-state index is -3.84. The number of benzene rings is 2. The molecule has 1 unspecified atom stereocenters. The smallest absolute Gasteiger partial charge is 0.243 e. The van der Waals surface area contributed by atoms with E-state index in [1.807, 2.05) is 6.92 Å². The number of hydrogen-bond donors (Lipinski definition) is 2. The zero-order valence-corrected chi connectivity index (χ0v) is 14.7. The highest BCUT2D eigenvalue weighted by Gasteiger charge is 2.32. The number of sulfone groups is 1. The summed E-state index contributed by atoms with van der Waals surface area (Å²) in [6.07, 6.45) is 0.581. The third-order valence-corrected chi connectivity index (χ3v) is 6.04. The Hall–Kier alpha value is -2.67. The van der Waals surface area contributed by atoms with Crippen LogP contribution >= 0.6 is 0 Å². The highest BCUT2D eigenvalue weighted by molar-refractivity contribution is 7.92. The summed E-state index contributed by atoms with van der Waals surface area (Å²) in [5, 5.41) is 10.9. The summed E-state index contributed by atoms with van der Waals surface area (Å²) in [6.45, 7) is 3.46. The third-order valence-electron chi connectivity index (χ3n) is 3.81. The second kappa shape index (κ2) is 7.48. The maximum atomic E-state index is 12.7. The number of carbonyl (C=O) groups is 2. The number of carbonyl (C=O) groups excluding carboxylic acids is 2. The van der Waals surface area contributed by atoms with Crippen molar-refractivity contribution in [2.45, 2.75) is 30.4 Å². The highest BCUT2D eigenvalue weighted by Crippen LogP contribution is 2.23. The van der Waals surface area contributed by atoms with Crippen molar-refractivity contribution in [1.82, 2.24) is 0 Å². The van der Waals surface area contributed by atoms with E-state index in [1.165, 1.54) is 30.3 Å². The molecule has 0 aliphatic heterocycles. The van der Waals surface area contributed by atoms with Crippen LogP contribution in [0.5, 0.6) is 5.75 Å². The Morgan fingerprint density at radius 3 is 2.36 bits per heavy atom. The fraction of sp³-hybridized carbons (Fsp3) is 0.222. The number of anilines is 1. The van der Waals surface area contributed by atoms with Crippen LogP contribution in [0.1, 0.15) is 29.3 Å². The van der Waals surface area contributed by atoms with Gasteiger partial charge in [0.2, 0.25) is 5.91 Å². The number of rotatable bonds is 6. The monoisotopic (exact) mass is 361 g/mol. The van der Waals surface area contributed by atoms with Gasteiger partial charge in [-0.05, 0) is 37.6 Å². The molecule has 0 saturated heterocycles. The number of nitrogens with one attached hydrogen (secondary N) is 1. The molecule has 1 amide bonds. The highest BCUT2D eigenvalue weighted by atomic mass is 32.2. The van der Waals surface area contributed by atoms with Gasteiger partial charge in [-0.2, -0.15) is 0 Å². The second-order valence-electron chi connectivity index (χ2n) is 5.64. The number of aryl methyl sites for hydroxylation is 1. The fourth-order valence-electron chi connectivity index (χ4n) is 2.38. The standard InChI is InChI=1S/C18H19NO5S/c1-3-17(25(23,24)15-8-4-12(2)5-9-15)18(22)19-14-7-6-13(11-20)16(21)10-14/h4-11,17,21H,3H2,1-2H3,(H,19,22). The number of aldehydes is 1. The number of aromatic hydroxyl groups is 1. The molecule has 0 heterocycles. The first-order valence-electron chi connectivity index (χ1n) is 7.69. The topological polar surface area (TPSA) is 101 Å². The summed E-state index contributed by atoms with van der Waals surface area (Å²) in [5.74, 6) is -0.983. The zero-order valence-electron chi connectivity index (χ0n) is 13.9. The largest absolute Gasteiger partial charge is 0.507 e. The Morgan fingerprint density at radius 1 is 1.20 bits per heavy atom. The van der Waals surface area contributed by atoms with Gasteiger partial charge in [0.05, 0.1) is 10.5 Å². The van der Waals surface area contributed by atoms with Gasteiger partial charge in [0.1, 0.15) is 11.0 Å². The number of hydrogen-bond acceptors (Lipinski definition) is 5. The lowest BCUT2D eigenvalue weighted by Gasteiger charge is -2.16. The van der Waals surface area contributed by atoms with Crippen molar-refractivity contribution in [3.63, 3.8) is 0 Å². The van der Waals surface area contributed by atoms with Gasteiger partial charge in [0.25, 0.3) is 0 Å². The average molecular weight is 361 g/mol. The van der Waals surface area contributed by atoms with Crippen molar-refractivity contribution >= 4 is 27.7 Å². The zero-order chi connectivity index (χ0) is 18.6. The first-order valence-corrected chi connectivity index (χ1v) is 9.24. The molecular formula is C18H19NO5S. The lowest BCUT2D eigenvalue weighted by atomic mass is 10.2. The maximum absolute atomic E-state index is 12.7. The van der Waals surface area contributed by atoms with Crippen LogP contribution in [0.4, 0.5) is 5.69 Å². The van der Waals surface area contributed by atoms with Gasteiger partial charge < -0.3 is 10.4 Å². The Kier molecular flexibility index (Phi) is 5.58. The van der Waals surface area contributed by atoms with E-state index in [4.69, 9.17) is 0 Å². The Labute approximate surface area is 146 Å². The molecule has 0 bridgehead atoms. The Bertz CT molecular complexity index is 888. The molecule has 2 aromatic rings. The van der Waals surface area contributed by atoms with E-state index in [0.717, 1.165) is 5.56 Å². The van der Waals surface area contributed by atoms with Gasteiger partial charge in [-0.15, -0.1) is 0 Å². The molecule has 0 aromatic heterocycles. The third kappa shape index (κ3) is 4.06. The van der Waals surface area contributed by atoms with Crippen molar-refractivity contribution in [2.75, 3.05) is 5.32 Å². The summed E-state index contributed by atoms with van der Waals surface area (Å²) in [5.41, 5.74) is 1.21. The molecule has 132 valence electrons. The van der Waals surface area contributed by atoms with Crippen LogP contribution in [0, 0.1) is 6.92 Å². The van der Waals surface area contributed by atoms with Crippen molar-refractivity contribution in [3.05, 3.63) is 53.6 Å². The first kappa shape index (κ1) is 18.7. The van der Waals surface area contributed by atoms with E-state index in [9.17, 15) is 23.1 Å². The van der Waals surface area contributed by atoms with Crippen molar-refractivity contribution < 1.29 is 23.1 Å². The molecule has 0 aliphatic carbocycles. The number of amides is 1. The van der Waals surface area contributed by atoms with E-state index in [2.05, 4.69) is 5.32 Å². The van der Waals surface area contributed by atoms with Crippen LogP contribution in [0.25, 0.3) is 0 Å². The van der Waals surface area contributed by atoms with E-state index in [1.54, 1.807) is 19.1 Å². The molecule has 6 nitrogen and oxygen atoms in total. The molecule has 2 aromatic carbocycles. The summed E-state index contributed by atoms with van der Waals surface area (Å²) < 4.78 is 25.4. The summed E-state index contributed by atoms with van der Waals surface area (Å²) >= 11 is 0. The molecule has 2 rings (SSSR count). The lowest BCUT2D eigenvalue weighted by Crippen LogP contribution is -2.34. The molecule has 25 heavy (non-hydrogen) atoms. The van der Waals surface area contributed by atoms with Crippen LogP contribution in [0.3, 0.4) is 0 Å². The summed E-state index contributed by atoms with van der Waals surface area (Å²) in [4.78, 5) is 23.2. The molecular weight excluding hydrogens is 342 g/mol. The van der Waals surface area contributed by atoms with Crippen molar-refractivity contribution in [2.24, 2.45) is 0 Å². The van der Waals surface area contributed by atoms with Gasteiger partial charge in [-0.25, -0.2) is 8.42 Å². The van der Waals surface area contributed by atoms with Crippen LogP contribution in [-0.4, -0.2) is 31.0 Å². The molecule has 1 atom stereocenters. The predicted octanol–water partition coefficient (Wildman–Crippen LogP) is 2.70. The molecule has 0 radical (unpaired) electrons. The Balaban J connectivity index is 2.27. The Morgan fingerprint density at radius 2 is 1.84 bits per heavy atom. The first-order chi connectivity index (χ1) is 11.8. The van der Waals surface area contributed by atoms with E-state index in [-0.39, 0.29) is 28.3 Å². The molecule has 0 saturated carbocycles. The van der Waals surface area contributed by atoms with E-state index >= 15 is 0 Å². The van der Waals surface area contributed by atoms with Crippen molar-refractivity contribution in [1.29, 1.82) is 0 Å². The fourth-order valence-corrected chi connectivity index (χ4v) is 4.01. The van der Waals surface area contributed by atoms with Crippen LogP contribution in [0.15, 0.2) is 47.4 Å². The molecule has 7 heteroatoms. The van der Waals surface area contributed by atoms with Gasteiger partial charge >= 0.3 is 0 Å². The number of phenolic OH excluding ortho intramolecular Hbond substituents is 1. The van der Waals surface area contributed by atoms with Crippen LogP contribution in [0.2, 0.25) is 0 Å². The van der Waals surface area contributed by atoms with Gasteiger partial charge in [0.15, 0.2) is 16.1 Å². The van der Waals surface area contributed by atoms with Gasteiger partial charge in [0, 0.05) is 11.8 Å². The quantitative estimate of drug-likeness (QED) is 0.771. The SMILES string of the molecule is CCC(C(=O)Nc1ccc(C=O)c(O)c1)S(=O)(=O)c1ccc(C)cc1. The maximum Gasteiger partial charge on any atom is 0.243 e. The van der Waals surface area contributed by atoms with E-state index < -0.39 is 21.0 Å². The summed E-state index contributed by atoms with van der Waals surface area (Å²) in [6, 6.07) is 10.3. The molecule has 0 fully saturated rings. The molecule has 2 N–H and O–H groups in total. The minimum absolute atomic E-state index is 0.0808. The molecule has 0 aliphatic rings. The molecule has 0 spiro atoms. The van der Waals surface area contributed by atoms with Crippen LogP contribution in [-0.2, 0) is 14.6 Å². The summed E-state index contributed by atoms with van der Waals surface area (Å²) in [7, 11) is -3.84. The predicted molar refractivity (Wildman–Crippen MR) is 94.6 cm³/mol. The van der Waals surface area contributed by atoms with Gasteiger partial charge in [-0.3, -0.25) is 9.59 Å². The normalized spacial score (nSPS) is 12.4.